The van der Waals surface area contributed by atoms with E-state index in [-0.39, 0.29) is 11.8 Å². The minimum atomic E-state index is -0.929. The molecule has 2 atom stereocenters. The van der Waals surface area contributed by atoms with Crippen molar-refractivity contribution in [2.75, 3.05) is 6.61 Å². The lowest BCUT2D eigenvalue weighted by molar-refractivity contribution is -0.149. The quantitative estimate of drug-likeness (QED) is 0.814. The molecule has 2 N–H and O–H groups in total. The van der Waals surface area contributed by atoms with Gasteiger partial charge < -0.3 is 15.2 Å². The molecule has 1 aliphatic heterocycles. The average molecular weight is 269 g/mol. The second-order valence-electron chi connectivity index (χ2n) is 5.87. The average Bonchev–Trinajstić information content (AvgIpc) is 2.84. The number of carboxylic acid groups (broad SMARTS) is 1. The highest BCUT2D eigenvalue weighted by Crippen LogP contribution is 2.29. The normalized spacial score (nSPS) is 29.9. The summed E-state index contributed by atoms with van der Waals surface area (Å²) in [5, 5.41) is 12.1. The fourth-order valence-corrected chi connectivity index (χ4v) is 3.10. The molecule has 0 spiro atoms. The summed E-state index contributed by atoms with van der Waals surface area (Å²) in [6, 6.07) is -0.770. The molecule has 19 heavy (non-hydrogen) atoms. The monoisotopic (exact) mass is 269 g/mol. The summed E-state index contributed by atoms with van der Waals surface area (Å²) >= 11 is 0. The van der Waals surface area contributed by atoms with Crippen molar-refractivity contribution in [3.8, 4) is 0 Å². The summed E-state index contributed by atoms with van der Waals surface area (Å²) in [5.74, 6) is -1.15. The Morgan fingerprint density at radius 2 is 1.95 bits per heavy atom. The first-order valence-corrected chi connectivity index (χ1v) is 7.21. The molecule has 1 amide bonds. The first-order valence-electron chi connectivity index (χ1n) is 7.21. The molecular formula is C14H23NO4. The van der Waals surface area contributed by atoms with Gasteiger partial charge in [-0.3, -0.25) is 4.79 Å². The van der Waals surface area contributed by atoms with Crippen LogP contribution in [0.5, 0.6) is 0 Å². The minimum absolute atomic E-state index is 0.0557. The maximum Gasteiger partial charge on any atom is 0.326 e. The molecule has 0 radical (unpaired) electrons. The van der Waals surface area contributed by atoms with Crippen LogP contribution in [0.4, 0.5) is 0 Å². The molecule has 1 saturated carbocycles. The van der Waals surface area contributed by atoms with Crippen LogP contribution in [0.15, 0.2) is 0 Å². The van der Waals surface area contributed by atoms with Gasteiger partial charge in [0.15, 0.2) is 0 Å². The van der Waals surface area contributed by atoms with E-state index in [0.29, 0.717) is 13.0 Å². The summed E-state index contributed by atoms with van der Waals surface area (Å²) in [6.07, 6.45) is 6.55. The van der Waals surface area contributed by atoms with Crippen LogP contribution in [0.1, 0.15) is 51.9 Å². The van der Waals surface area contributed by atoms with Gasteiger partial charge in [-0.2, -0.15) is 0 Å². The van der Waals surface area contributed by atoms with Crippen LogP contribution in [0, 0.1) is 5.92 Å². The predicted octanol–water partition coefficient (Wildman–Crippen LogP) is 1.71. The fourth-order valence-electron chi connectivity index (χ4n) is 3.10. The van der Waals surface area contributed by atoms with Gasteiger partial charge in [0.25, 0.3) is 5.91 Å². The first-order chi connectivity index (χ1) is 9.03. The molecule has 5 nitrogen and oxygen atoms in total. The highest BCUT2D eigenvalue weighted by atomic mass is 16.5. The second-order valence-corrected chi connectivity index (χ2v) is 5.87. The Labute approximate surface area is 113 Å². The van der Waals surface area contributed by atoms with Crippen LogP contribution >= 0.6 is 0 Å². The number of carbonyl (C=O) groups excluding carboxylic acids is 1. The van der Waals surface area contributed by atoms with Crippen LogP contribution < -0.4 is 5.32 Å². The number of carboxylic acids is 1. The third-order valence-electron chi connectivity index (χ3n) is 4.37. The number of ether oxygens (including phenoxy) is 1. The van der Waals surface area contributed by atoms with E-state index in [9.17, 15) is 14.7 Å². The molecule has 0 aromatic carbocycles. The van der Waals surface area contributed by atoms with E-state index in [0.717, 1.165) is 38.5 Å². The van der Waals surface area contributed by atoms with Gasteiger partial charge in [0.1, 0.15) is 11.6 Å². The number of hydrogen-bond donors (Lipinski definition) is 2. The van der Waals surface area contributed by atoms with Gasteiger partial charge in [0.2, 0.25) is 0 Å². The molecule has 2 rings (SSSR count). The number of hydrogen-bond acceptors (Lipinski definition) is 3. The van der Waals surface area contributed by atoms with Crippen LogP contribution in [0.3, 0.4) is 0 Å². The van der Waals surface area contributed by atoms with Crippen LogP contribution in [0.25, 0.3) is 0 Å². The lowest BCUT2D eigenvalue weighted by Crippen LogP contribution is -2.53. The van der Waals surface area contributed by atoms with E-state index >= 15 is 0 Å². The summed E-state index contributed by atoms with van der Waals surface area (Å²) < 4.78 is 5.47. The summed E-state index contributed by atoms with van der Waals surface area (Å²) in [4.78, 5) is 23.6. The second kappa shape index (κ2) is 5.90. The maximum atomic E-state index is 12.2. The lowest BCUT2D eigenvalue weighted by Gasteiger charge is -2.31. The molecular weight excluding hydrogens is 246 g/mol. The third kappa shape index (κ3) is 3.26. The van der Waals surface area contributed by atoms with Crippen molar-refractivity contribution in [2.45, 2.75) is 63.5 Å². The molecule has 1 heterocycles. The molecule has 2 fully saturated rings. The van der Waals surface area contributed by atoms with Gasteiger partial charge >= 0.3 is 5.97 Å². The highest BCUT2D eigenvalue weighted by molar-refractivity contribution is 5.89. The Morgan fingerprint density at radius 1 is 1.26 bits per heavy atom. The molecule has 2 unspecified atom stereocenters. The fraction of sp³-hybridized carbons (Fsp3) is 0.857. The SMILES string of the molecule is CC1(C(=O)NC(C(=O)O)C2CCCCC2)CCCO1. The van der Waals surface area contributed by atoms with Crippen LogP contribution in [-0.4, -0.2) is 35.2 Å². The molecule has 0 aromatic heterocycles. The van der Waals surface area contributed by atoms with Crippen molar-refractivity contribution in [3.63, 3.8) is 0 Å². The van der Waals surface area contributed by atoms with Crippen molar-refractivity contribution in [3.05, 3.63) is 0 Å². The van der Waals surface area contributed by atoms with E-state index in [4.69, 9.17) is 4.74 Å². The van der Waals surface area contributed by atoms with Gasteiger partial charge in [-0.15, -0.1) is 0 Å². The Balaban J connectivity index is 1.99. The summed E-state index contributed by atoms with van der Waals surface area (Å²) in [7, 11) is 0. The Hall–Kier alpha value is -1.10. The zero-order valence-electron chi connectivity index (χ0n) is 11.5. The number of aliphatic carboxylic acids is 1. The van der Waals surface area contributed by atoms with Crippen LogP contribution in [-0.2, 0) is 14.3 Å². The number of carbonyl (C=O) groups is 2. The van der Waals surface area contributed by atoms with Crippen molar-refractivity contribution in [1.29, 1.82) is 0 Å². The van der Waals surface area contributed by atoms with Crippen molar-refractivity contribution in [2.24, 2.45) is 5.92 Å². The number of rotatable bonds is 4. The third-order valence-corrected chi connectivity index (χ3v) is 4.37. The smallest absolute Gasteiger partial charge is 0.326 e. The van der Waals surface area contributed by atoms with Crippen molar-refractivity contribution >= 4 is 11.9 Å². The van der Waals surface area contributed by atoms with E-state index in [1.807, 2.05) is 0 Å². The van der Waals surface area contributed by atoms with Gasteiger partial charge in [-0.25, -0.2) is 4.79 Å². The Bertz CT molecular complexity index is 343. The zero-order valence-corrected chi connectivity index (χ0v) is 11.5. The maximum absolute atomic E-state index is 12.2. The van der Waals surface area contributed by atoms with E-state index in [1.165, 1.54) is 0 Å². The molecule has 0 aromatic rings. The predicted molar refractivity (Wildman–Crippen MR) is 69.7 cm³/mol. The van der Waals surface area contributed by atoms with Crippen LogP contribution in [0.2, 0.25) is 0 Å². The Kier molecular flexibility index (Phi) is 4.45. The molecule has 1 aliphatic carbocycles. The Morgan fingerprint density at radius 3 is 2.47 bits per heavy atom. The first kappa shape index (κ1) is 14.3. The van der Waals surface area contributed by atoms with E-state index < -0.39 is 17.6 Å². The molecule has 5 heteroatoms. The van der Waals surface area contributed by atoms with E-state index in [2.05, 4.69) is 5.32 Å². The van der Waals surface area contributed by atoms with Gasteiger partial charge in [-0.05, 0) is 38.5 Å². The standard InChI is InChI=1S/C14H23NO4/c1-14(8-5-9-19-14)13(18)15-11(12(16)17)10-6-3-2-4-7-10/h10-11H,2-9H2,1H3,(H,15,18)(H,16,17). The minimum Gasteiger partial charge on any atom is -0.480 e. The summed E-state index contributed by atoms with van der Waals surface area (Å²) in [6.45, 7) is 2.32. The largest absolute Gasteiger partial charge is 0.480 e. The molecule has 108 valence electrons. The van der Waals surface area contributed by atoms with Gasteiger partial charge in [-0.1, -0.05) is 19.3 Å². The van der Waals surface area contributed by atoms with Crippen molar-refractivity contribution < 1.29 is 19.4 Å². The molecule has 0 bridgehead atoms. The topological polar surface area (TPSA) is 75.6 Å². The molecule has 2 aliphatic rings. The highest BCUT2D eigenvalue weighted by Gasteiger charge is 2.41. The van der Waals surface area contributed by atoms with Crippen molar-refractivity contribution in [1.82, 2.24) is 5.32 Å². The van der Waals surface area contributed by atoms with Gasteiger partial charge in [0, 0.05) is 6.61 Å². The lowest BCUT2D eigenvalue weighted by atomic mass is 9.83. The summed E-state index contributed by atoms with van der Waals surface area (Å²) in [5.41, 5.74) is -0.845. The zero-order chi connectivity index (χ0) is 13.9. The van der Waals surface area contributed by atoms with E-state index in [1.54, 1.807) is 6.92 Å². The molecule has 1 saturated heterocycles. The number of amides is 1. The van der Waals surface area contributed by atoms with Gasteiger partial charge in [0.05, 0.1) is 0 Å². The number of nitrogens with one attached hydrogen (secondary N) is 1.